The molecular weight excluding hydrogens is 164 g/mol. The van der Waals surface area contributed by atoms with E-state index in [1.165, 1.54) is 6.42 Å². The largest absolute Gasteiger partial charge is 0.370 e. The Balaban J connectivity index is 2.07. The summed E-state index contributed by atoms with van der Waals surface area (Å²) in [5.74, 6) is 0.891. The average molecular weight is 180 g/mol. The number of nitrogens with one attached hydrogen (secondary N) is 1. The summed E-state index contributed by atoms with van der Waals surface area (Å²) in [5, 5.41) is 3.21. The van der Waals surface area contributed by atoms with Gasteiger partial charge in [0.05, 0.1) is 0 Å². The fourth-order valence-corrected chi connectivity index (χ4v) is 1.06. The van der Waals surface area contributed by atoms with Gasteiger partial charge in [-0.3, -0.25) is 0 Å². The summed E-state index contributed by atoms with van der Waals surface area (Å²) >= 11 is 0. The third-order valence-corrected chi connectivity index (χ3v) is 1.77. The second-order valence-corrected chi connectivity index (χ2v) is 2.87. The zero-order valence-corrected chi connectivity index (χ0v) is 7.74. The maximum Gasteiger partial charge on any atom is 0.129 e. The summed E-state index contributed by atoms with van der Waals surface area (Å²) in [6.45, 7) is 1.74. The van der Waals surface area contributed by atoms with E-state index in [0.717, 1.165) is 31.7 Å². The van der Waals surface area contributed by atoms with Gasteiger partial charge in [-0.25, -0.2) is 9.97 Å². The van der Waals surface area contributed by atoms with Gasteiger partial charge in [0.25, 0.3) is 0 Å². The molecule has 0 fully saturated rings. The maximum absolute atomic E-state index is 5.38. The Hall–Kier alpha value is -1.16. The van der Waals surface area contributed by atoms with Crippen molar-refractivity contribution in [1.82, 2.24) is 9.97 Å². The average Bonchev–Trinajstić information content (AvgIpc) is 2.19. The third kappa shape index (κ3) is 4.42. The minimum Gasteiger partial charge on any atom is -0.370 e. The van der Waals surface area contributed by atoms with Crippen molar-refractivity contribution >= 4 is 5.82 Å². The molecule has 0 aliphatic rings. The van der Waals surface area contributed by atoms with E-state index < -0.39 is 0 Å². The lowest BCUT2D eigenvalue weighted by atomic mass is 10.2. The summed E-state index contributed by atoms with van der Waals surface area (Å²) in [6, 6.07) is 1.86. The van der Waals surface area contributed by atoms with Crippen LogP contribution in [0.4, 0.5) is 5.82 Å². The molecule has 0 aliphatic heterocycles. The summed E-state index contributed by atoms with van der Waals surface area (Å²) in [5.41, 5.74) is 5.38. The maximum atomic E-state index is 5.38. The van der Waals surface area contributed by atoms with E-state index in [-0.39, 0.29) is 0 Å². The highest BCUT2D eigenvalue weighted by atomic mass is 15.0. The van der Waals surface area contributed by atoms with E-state index >= 15 is 0 Å². The van der Waals surface area contributed by atoms with Crippen LogP contribution >= 0.6 is 0 Å². The van der Waals surface area contributed by atoms with Crippen LogP contribution in [-0.2, 0) is 0 Å². The van der Waals surface area contributed by atoms with Gasteiger partial charge in [0.2, 0.25) is 0 Å². The van der Waals surface area contributed by atoms with Gasteiger partial charge in [0.15, 0.2) is 0 Å². The molecule has 3 N–H and O–H groups in total. The standard InChI is InChI=1S/C9H16N4/c10-5-2-1-3-6-12-9-4-7-11-8-13-9/h4,7-8H,1-3,5-6,10H2,(H,11,12,13). The van der Waals surface area contributed by atoms with E-state index in [1.807, 2.05) is 6.07 Å². The van der Waals surface area contributed by atoms with Crippen LogP contribution in [-0.4, -0.2) is 23.1 Å². The molecule has 4 nitrogen and oxygen atoms in total. The number of aromatic nitrogens is 2. The van der Waals surface area contributed by atoms with Gasteiger partial charge in [-0.2, -0.15) is 0 Å². The first-order valence-electron chi connectivity index (χ1n) is 4.63. The molecule has 0 aliphatic carbocycles. The number of unbranched alkanes of at least 4 members (excludes halogenated alkanes) is 2. The molecule has 0 atom stereocenters. The second kappa shape index (κ2) is 6.37. The predicted molar refractivity (Wildman–Crippen MR) is 53.4 cm³/mol. The fourth-order valence-electron chi connectivity index (χ4n) is 1.06. The number of hydrogen-bond acceptors (Lipinski definition) is 4. The smallest absolute Gasteiger partial charge is 0.129 e. The quantitative estimate of drug-likeness (QED) is 0.641. The van der Waals surface area contributed by atoms with Crippen LogP contribution < -0.4 is 11.1 Å². The third-order valence-electron chi connectivity index (χ3n) is 1.77. The fraction of sp³-hybridized carbons (Fsp3) is 0.556. The lowest BCUT2D eigenvalue weighted by Crippen LogP contribution is -2.04. The van der Waals surface area contributed by atoms with Crippen LogP contribution in [0, 0.1) is 0 Å². The van der Waals surface area contributed by atoms with Crippen LogP contribution in [0.25, 0.3) is 0 Å². The SMILES string of the molecule is NCCCCCNc1ccncn1. The zero-order valence-electron chi connectivity index (χ0n) is 7.74. The molecule has 0 spiro atoms. The van der Waals surface area contributed by atoms with Crippen molar-refractivity contribution in [2.45, 2.75) is 19.3 Å². The Kier molecular flexibility index (Phi) is 4.86. The Morgan fingerprint density at radius 1 is 1.31 bits per heavy atom. The van der Waals surface area contributed by atoms with E-state index in [9.17, 15) is 0 Å². The van der Waals surface area contributed by atoms with Gasteiger partial charge >= 0.3 is 0 Å². The molecule has 0 amide bonds. The number of nitrogens with zero attached hydrogens (tertiary/aromatic N) is 2. The highest BCUT2D eigenvalue weighted by Crippen LogP contribution is 1.99. The van der Waals surface area contributed by atoms with Gasteiger partial charge in [-0.05, 0) is 25.5 Å². The molecule has 13 heavy (non-hydrogen) atoms. The minimum absolute atomic E-state index is 0.785. The summed E-state index contributed by atoms with van der Waals surface area (Å²) in [7, 11) is 0. The zero-order chi connectivity index (χ0) is 9.36. The lowest BCUT2D eigenvalue weighted by molar-refractivity contribution is 0.706. The predicted octanol–water partition coefficient (Wildman–Crippen LogP) is 1.02. The van der Waals surface area contributed by atoms with Crippen molar-refractivity contribution in [2.24, 2.45) is 5.73 Å². The van der Waals surface area contributed by atoms with Crippen molar-refractivity contribution < 1.29 is 0 Å². The lowest BCUT2D eigenvalue weighted by Gasteiger charge is -2.03. The molecule has 0 unspecified atom stereocenters. The molecule has 0 radical (unpaired) electrons. The summed E-state index contributed by atoms with van der Waals surface area (Å²) in [4.78, 5) is 7.89. The topological polar surface area (TPSA) is 63.8 Å². The molecule has 0 saturated heterocycles. The molecule has 1 heterocycles. The van der Waals surface area contributed by atoms with Gasteiger partial charge in [-0.15, -0.1) is 0 Å². The highest BCUT2D eigenvalue weighted by molar-refractivity contribution is 5.30. The number of anilines is 1. The first-order chi connectivity index (χ1) is 6.43. The van der Waals surface area contributed by atoms with Crippen LogP contribution in [0.15, 0.2) is 18.6 Å². The molecule has 1 aromatic heterocycles. The van der Waals surface area contributed by atoms with Crippen LogP contribution in [0.5, 0.6) is 0 Å². The number of rotatable bonds is 6. The molecule has 0 aromatic carbocycles. The van der Waals surface area contributed by atoms with E-state index in [4.69, 9.17) is 5.73 Å². The van der Waals surface area contributed by atoms with Crippen molar-refractivity contribution in [2.75, 3.05) is 18.4 Å². The molecule has 4 heteroatoms. The van der Waals surface area contributed by atoms with Crippen LogP contribution in [0.3, 0.4) is 0 Å². The second-order valence-electron chi connectivity index (χ2n) is 2.87. The first kappa shape index (κ1) is 9.92. The van der Waals surface area contributed by atoms with Gasteiger partial charge < -0.3 is 11.1 Å². The number of hydrogen-bond donors (Lipinski definition) is 2. The molecule has 1 aromatic rings. The summed E-state index contributed by atoms with van der Waals surface area (Å²) < 4.78 is 0. The Labute approximate surface area is 78.6 Å². The molecular formula is C9H16N4. The van der Waals surface area contributed by atoms with Gasteiger partial charge in [-0.1, -0.05) is 6.42 Å². The molecule has 1 rings (SSSR count). The van der Waals surface area contributed by atoms with E-state index in [1.54, 1.807) is 12.5 Å². The van der Waals surface area contributed by atoms with Crippen LogP contribution in [0.2, 0.25) is 0 Å². The Morgan fingerprint density at radius 3 is 2.92 bits per heavy atom. The Bertz CT molecular complexity index is 212. The molecule has 0 bridgehead atoms. The van der Waals surface area contributed by atoms with Crippen molar-refractivity contribution in [3.63, 3.8) is 0 Å². The molecule has 0 saturated carbocycles. The van der Waals surface area contributed by atoms with Crippen molar-refractivity contribution in [3.8, 4) is 0 Å². The highest BCUT2D eigenvalue weighted by Gasteiger charge is 1.90. The van der Waals surface area contributed by atoms with E-state index in [0.29, 0.717) is 0 Å². The van der Waals surface area contributed by atoms with Gasteiger partial charge in [0.1, 0.15) is 12.1 Å². The van der Waals surface area contributed by atoms with Crippen LogP contribution in [0.1, 0.15) is 19.3 Å². The summed E-state index contributed by atoms with van der Waals surface area (Å²) in [6.07, 6.45) is 6.69. The van der Waals surface area contributed by atoms with Crippen molar-refractivity contribution in [1.29, 1.82) is 0 Å². The molecule has 72 valence electrons. The number of nitrogens with two attached hydrogens (primary N) is 1. The Morgan fingerprint density at radius 2 is 2.23 bits per heavy atom. The monoisotopic (exact) mass is 180 g/mol. The minimum atomic E-state index is 0.785. The van der Waals surface area contributed by atoms with Crippen molar-refractivity contribution in [3.05, 3.63) is 18.6 Å². The first-order valence-corrected chi connectivity index (χ1v) is 4.63. The van der Waals surface area contributed by atoms with E-state index in [2.05, 4.69) is 15.3 Å². The normalized spacial score (nSPS) is 9.92. The van der Waals surface area contributed by atoms with Gasteiger partial charge in [0, 0.05) is 12.7 Å².